The van der Waals surface area contributed by atoms with Gasteiger partial charge in [-0.1, -0.05) is 18.2 Å². The van der Waals surface area contributed by atoms with Crippen LogP contribution in [-0.2, 0) is 4.79 Å². The van der Waals surface area contributed by atoms with Crippen molar-refractivity contribution in [1.29, 1.82) is 5.41 Å². The van der Waals surface area contributed by atoms with Gasteiger partial charge in [0.25, 0.3) is 0 Å². The Bertz CT molecular complexity index is 350. The van der Waals surface area contributed by atoms with Gasteiger partial charge in [0.05, 0.1) is 5.69 Å². The maximum Gasteiger partial charge on any atom is 0.231 e. The van der Waals surface area contributed by atoms with Crippen LogP contribution in [0.25, 0.3) is 0 Å². The lowest BCUT2D eigenvalue weighted by Gasteiger charge is -1.97. The highest BCUT2D eigenvalue weighted by Gasteiger charge is 1.92. The first kappa shape index (κ1) is 11.9. The average molecular weight is 192 g/mol. The quantitative estimate of drug-likeness (QED) is 0.348. The monoisotopic (exact) mass is 192 g/mol. The minimum absolute atomic E-state index is 0.0966. The van der Waals surface area contributed by atoms with Crippen molar-refractivity contribution in [3.8, 4) is 0 Å². The van der Waals surface area contributed by atoms with Crippen LogP contribution in [0.3, 0.4) is 0 Å². The first-order valence-electron chi connectivity index (χ1n) is 3.81. The van der Waals surface area contributed by atoms with E-state index in [1.54, 1.807) is 0 Å². The van der Waals surface area contributed by atoms with E-state index < -0.39 is 0 Å². The van der Waals surface area contributed by atoms with Crippen molar-refractivity contribution in [3.05, 3.63) is 29.8 Å². The van der Waals surface area contributed by atoms with Crippen LogP contribution in [0.1, 0.15) is 5.56 Å². The number of nitrogens with one attached hydrogen (secondary N) is 1. The summed E-state index contributed by atoms with van der Waals surface area (Å²) >= 11 is 0. The third kappa shape index (κ3) is 4.69. The SMILES string of the molecule is Cc1ccccc1N=C(N)N.N=C=O. The van der Waals surface area contributed by atoms with Crippen LogP contribution in [0.2, 0.25) is 0 Å². The Morgan fingerprint density at radius 2 is 1.93 bits per heavy atom. The number of nitrogens with zero attached hydrogens (tertiary/aromatic N) is 1. The van der Waals surface area contributed by atoms with Crippen LogP contribution >= 0.6 is 0 Å². The Labute approximate surface area is 82.0 Å². The molecule has 1 rings (SSSR count). The number of nitrogens with two attached hydrogens (primary N) is 2. The molecule has 0 saturated heterocycles. The lowest BCUT2D eigenvalue weighted by atomic mass is 10.2. The predicted molar refractivity (Wildman–Crippen MR) is 55.1 cm³/mol. The van der Waals surface area contributed by atoms with Crippen molar-refractivity contribution in [2.24, 2.45) is 16.5 Å². The van der Waals surface area contributed by atoms with Crippen LogP contribution < -0.4 is 11.5 Å². The highest BCUT2D eigenvalue weighted by molar-refractivity contribution is 5.79. The summed E-state index contributed by atoms with van der Waals surface area (Å²) in [6.45, 7) is 1.96. The van der Waals surface area contributed by atoms with Gasteiger partial charge in [-0.15, -0.1) is 0 Å². The van der Waals surface area contributed by atoms with E-state index in [-0.39, 0.29) is 5.96 Å². The van der Waals surface area contributed by atoms with Crippen LogP contribution in [0.15, 0.2) is 29.3 Å². The molecular formula is C9H12N4O. The minimum Gasteiger partial charge on any atom is -0.370 e. The molecule has 0 saturated carbocycles. The van der Waals surface area contributed by atoms with E-state index in [1.165, 1.54) is 0 Å². The zero-order valence-electron chi connectivity index (χ0n) is 7.82. The molecule has 1 aromatic carbocycles. The average Bonchev–Trinajstić information content (AvgIpc) is 2.09. The number of hydrogen-bond acceptors (Lipinski definition) is 3. The predicted octanol–water partition coefficient (Wildman–Crippen LogP) is 0.801. The number of hydrogen-bond donors (Lipinski definition) is 3. The molecule has 0 unspecified atom stereocenters. The standard InChI is InChI=1S/C8H11N3.CHNO/c1-6-4-2-3-5-7(6)11-8(9)10;2-1-3/h2-5H,1H3,(H4,9,10,11);2H. The molecule has 0 bridgehead atoms. The molecule has 0 amide bonds. The van der Waals surface area contributed by atoms with Gasteiger partial charge in [0.2, 0.25) is 6.08 Å². The number of isocyanates is 1. The van der Waals surface area contributed by atoms with Crippen molar-refractivity contribution in [2.75, 3.05) is 0 Å². The summed E-state index contributed by atoms with van der Waals surface area (Å²) in [5, 5.41) is 5.40. The second-order valence-electron chi connectivity index (χ2n) is 2.43. The molecule has 0 aliphatic rings. The zero-order chi connectivity index (χ0) is 11.0. The van der Waals surface area contributed by atoms with Gasteiger partial charge < -0.3 is 11.5 Å². The normalized spacial score (nSPS) is 7.79. The van der Waals surface area contributed by atoms with Gasteiger partial charge in [-0.3, -0.25) is 0 Å². The van der Waals surface area contributed by atoms with Crippen molar-refractivity contribution < 1.29 is 4.79 Å². The summed E-state index contributed by atoms with van der Waals surface area (Å²) in [7, 11) is 0. The van der Waals surface area contributed by atoms with Gasteiger partial charge in [0, 0.05) is 0 Å². The number of guanidine groups is 1. The smallest absolute Gasteiger partial charge is 0.231 e. The number of para-hydroxylation sites is 1. The van der Waals surface area contributed by atoms with Gasteiger partial charge in [0.15, 0.2) is 5.96 Å². The number of aliphatic imine (C=N–C) groups is 1. The van der Waals surface area contributed by atoms with E-state index in [1.807, 2.05) is 31.2 Å². The molecule has 5 heteroatoms. The molecule has 5 nitrogen and oxygen atoms in total. The molecule has 0 fully saturated rings. The third-order valence-corrected chi connectivity index (χ3v) is 1.37. The van der Waals surface area contributed by atoms with Gasteiger partial charge >= 0.3 is 0 Å². The molecule has 0 heterocycles. The fraction of sp³-hybridized carbons (Fsp3) is 0.111. The van der Waals surface area contributed by atoms with E-state index in [9.17, 15) is 0 Å². The largest absolute Gasteiger partial charge is 0.370 e. The number of carbonyl (C=O) groups excluding carboxylic acids is 1. The van der Waals surface area contributed by atoms with Crippen molar-refractivity contribution in [2.45, 2.75) is 6.92 Å². The van der Waals surface area contributed by atoms with E-state index in [4.69, 9.17) is 21.7 Å². The summed E-state index contributed by atoms with van der Waals surface area (Å²) in [5.41, 5.74) is 12.3. The van der Waals surface area contributed by atoms with Crippen molar-refractivity contribution >= 4 is 17.7 Å². The fourth-order valence-electron chi connectivity index (χ4n) is 0.828. The molecule has 0 atom stereocenters. The van der Waals surface area contributed by atoms with Gasteiger partial charge in [-0.25, -0.2) is 15.2 Å². The Morgan fingerprint density at radius 1 is 1.43 bits per heavy atom. The molecular weight excluding hydrogens is 180 g/mol. The van der Waals surface area contributed by atoms with E-state index in [0.717, 1.165) is 17.3 Å². The second kappa shape index (κ2) is 6.39. The zero-order valence-corrected chi connectivity index (χ0v) is 7.82. The molecule has 0 radical (unpaired) electrons. The molecule has 0 aliphatic carbocycles. The minimum atomic E-state index is 0.0966. The van der Waals surface area contributed by atoms with Crippen LogP contribution in [0.5, 0.6) is 0 Å². The molecule has 0 aliphatic heterocycles. The molecule has 0 spiro atoms. The molecule has 74 valence electrons. The Hall–Kier alpha value is -2.13. The van der Waals surface area contributed by atoms with E-state index in [2.05, 4.69) is 4.99 Å². The summed E-state index contributed by atoms with van der Waals surface area (Å²) in [4.78, 5) is 12.3. The van der Waals surface area contributed by atoms with Gasteiger partial charge in [0.1, 0.15) is 0 Å². The maximum absolute atomic E-state index is 8.35. The van der Waals surface area contributed by atoms with Crippen LogP contribution in [0, 0.1) is 12.3 Å². The highest BCUT2D eigenvalue weighted by atomic mass is 16.1. The Kier molecular flexibility index (Phi) is 5.42. The number of benzene rings is 1. The molecule has 5 N–H and O–H groups in total. The summed E-state index contributed by atoms with van der Waals surface area (Å²) in [5.74, 6) is 0.0966. The Balaban J connectivity index is 0.000000500. The van der Waals surface area contributed by atoms with Gasteiger partial charge in [-0.2, -0.15) is 0 Å². The number of rotatable bonds is 1. The molecule has 0 aromatic heterocycles. The van der Waals surface area contributed by atoms with E-state index in [0.29, 0.717) is 0 Å². The summed E-state index contributed by atoms with van der Waals surface area (Å²) < 4.78 is 0. The Morgan fingerprint density at radius 3 is 2.36 bits per heavy atom. The molecule has 1 aromatic rings. The van der Waals surface area contributed by atoms with Crippen molar-refractivity contribution in [3.63, 3.8) is 0 Å². The van der Waals surface area contributed by atoms with Gasteiger partial charge in [-0.05, 0) is 18.6 Å². The number of aryl methyl sites for hydroxylation is 1. The maximum atomic E-state index is 8.35. The highest BCUT2D eigenvalue weighted by Crippen LogP contribution is 2.15. The molecule has 14 heavy (non-hydrogen) atoms. The topological polar surface area (TPSA) is 105 Å². The fourth-order valence-corrected chi connectivity index (χ4v) is 0.828. The van der Waals surface area contributed by atoms with Crippen LogP contribution in [-0.4, -0.2) is 12.0 Å². The second-order valence-corrected chi connectivity index (χ2v) is 2.43. The van der Waals surface area contributed by atoms with Crippen LogP contribution in [0.4, 0.5) is 5.69 Å². The van der Waals surface area contributed by atoms with E-state index >= 15 is 0 Å². The first-order chi connectivity index (χ1) is 6.61. The summed E-state index contributed by atoms with van der Waals surface area (Å²) in [6.07, 6.45) is 0.750. The lowest BCUT2D eigenvalue weighted by molar-refractivity contribution is 0.563. The third-order valence-electron chi connectivity index (χ3n) is 1.37. The first-order valence-corrected chi connectivity index (χ1v) is 3.81. The lowest BCUT2D eigenvalue weighted by Crippen LogP contribution is -2.21. The summed E-state index contributed by atoms with van der Waals surface area (Å²) in [6, 6.07) is 7.67. The van der Waals surface area contributed by atoms with Crippen molar-refractivity contribution in [1.82, 2.24) is 0 Å².